The summed E-state index contributed by atoms with van der Waals surface area (Å²) < 4.78 is 4.66. The van der Waals surface area contributed by atoms with Crippen LogP contribution < -0.4 is 5.32 Å². The van der Waals surface area contributed by atoms with Gasteiger partial charge in [-0.2, -0.15) is 0 Å². The molecule has 1 atom stereocenters. The van der Waals surface area contributed by atoms with Gasteiger partial charge in [0.2, 0.25) is 0 Å². The van der Waals surface area contributed by atoms with Gasteiger partial charge >= 0.3 is 5.97 Å². The van der Waals surface area contributed by atoms with E-state index in [9.17, 15) is 4.79 Å². The topological polar surface area (TPSA) is 58.6 Å². The molecule has 1 unspecified atom stereocenters. The van der Waals surface area contributed by atoms with Crippen LogP contribution in [0, 0.1) is 5.41 Å². The van der Waals surface area contributed by atoms with Crippen LogP contribution in [0.5, 0.6) is 0 Å². The van der Waals surface area contributed by atoms with Gasteiger partial charge in [0.15, 0.2) is 0 Å². The van der Waals surface area contributed by atoms with Crippen molar-refractivity contribution in [3.63, 3.8) is 0 Å². The van der Waals surface area contributed by atoms with Gasteiger partial charge in [-0.25, -0.2) is 0 Å². The number of esters is 1. The normalized spacial score (nSPS) is 20.2. The first-order chi connectivity index (χ1) is 6.67. The number of carbonyl (C=O) groups is 1. The van der Waals surface area contributed by atoms with E-state index in [4.69, 9.17) is 5.11 Å². The van der Waals surface area contributed by atoms with Crippen LogP contribution in [0.25, 0.3) is 0 Å². The Balaban J connectivity index is 2.30. The average molecular weight is 201 g/mol. The fourth-order valence-corrected chi connectivity index (χ4v) is 1.44. The van der Waals surface area contributed by atoms with E-state index in [1.54, 1.807) is 0 Å². The van der Waals surface area contributed by atoms with Crippen LogP contribution in [-0.4, -0.2) is 37.4 Å². The molecular weight excluding hydrogens is 182 g/mol. The maximum absolute atomic E-state index is 11.2. The monoisotopic (exact) mass is 201 g/mol. The SMILES string of the molecule is CCC(NCC1(CO)CC1)C(=O)OC. The molecule has 2 N–H and O–H groups in total. The Morgan fingerprint density at radius 3 is 2.64 bits per heavy atom. The van der Waals surface area contributed by atoms with Crippen molar-refractivity contribution in [2.45, 2.75) is 32.2 Å². The Hall–Kier alpha value is -0.610. The molecule has 0 amide bonds. The molecule has 4 nitrogen and oxygen atoms in total. The molecule has 1 fully saturated rings. The second-order valence-corrected chi connectivity index (χ2v) is 4.02. The number of aliphatic hydroxyl groups is 1. The number of rotatable bonds is 6. The summed E-state index contributed by atoms with van der Waals surface area (Å²) in [6, 6.07) is -0.232. The number of hydrogen-bond donors (Lipinski definition) is 2. The molecule has 0 aromatic carbocycles. The highest BCUT2D eigenvalue weighted by molar-refractivity contribution is 5.75. The molecule has 0 heterocycles. The lowest BCUT2D eigenvalue weighted by molar-refractivity contribution is -0.143. The van der Waals surface area contributed by atoms with Crippen LogP contribution in [0.15, 0.2) is 0 Å². The molecule has 1 saturated carbocycles. The molecular formula is C10H19NO3. The predicted octanol–water partition coefficient (Wildman–Crippen LogP) is 0.300. The van der Waals surface area contributed by atoms with Gasteiger partial charge in [-0.3, -0.25) is 4.79 Å². The minimum absolute atomic E-state index is 0.0431. The molecule has 0 aromatic heterocycles. The van der Waals surface area contributed by atoms with E-state index in [0.29, 0.717) is 13.0 Å². The van der Waals surface area contributed by atoms with Crippen LogP contribution in [-0.2, 0) is 9.53 Å². The predicted molar refractivity (Wildman–Crippen MR) is 52.9 cm³/mol. The molecule has 0 saturated heterocycles. The molecule has 4 heteroatoms. The summed E-state index contributed by atoms with van der Waals surface area (Å²) in [5, 5.41) is 12.2. The van der Waals surface area contributed by atoms with Gasteiger partial charge in [0.05, 0.1) is 7.11 Å². The second kappa shape index (κ2) is 4.75. The molecule has 1 aliphatic carbocycles. The van der Waals surface area contributed by atoms with Gasteiger partial charge in [-0.1, -0.05) is 6.92 Å². The van der Waals surface area contributed by atoms with Crippen LogP contribution in [0.2, 0.25) is 0 Å². The first kappa shape index (κ1) is 11.5. The Morgan fingerprint density at radius 2 is 2.29 bits per heavy atom. The third kappa shape index (κ3) is 2.69. The average Bonchev–Trinajstić information content (AvgIpc) is 2.99. The van der Waals surface area contributed by atoms with Crippen LogP contribution in [0.3, 0.4) is 0 Å². The van der Waals surface area contributed by atoms with Crippen molar-refractivity contribution in [1.82, 2.24) is 5.32 Å². The molecule has 0 aromatic rings. The first-order valence-electron chi connectivity index (χ1n) is 5.09. The van der Waals surface area contributed by atoms with E-state index >= 15 is 0 Å². The Bertz CT molecular complexity index is 202. The summed E-state index contributed by atoms with van der Waals surface area (Å²) >= 11 is 0. The molecule has 0 spiro atoms. The number of aliphatic hydroxyl groups excluding tert-OH is 1. The summed E-state index contributed by atoms with van der Waals surface area (Å²) in [5.74, 6) is -0.221. The van der Waals surface area contributed by atoms with Crippen LogP contribution in [0.4, 0.5) is 0 Å². The summed E-state index contributed by atoms with van der Waals surface area (Å²) in [5.41, 5.74) is 0.0431. The zero-order chi connectivity index (χ0) is 10.6. The summed E-state index contributed by atoms with van der Waals surface area (Å²) in [6.07, 6.45) is 2.82. The minimum Gasteiger partial charge on any atom is -0.468 e. The zero-order valence-electron chi connectivity index (χ0n) is 8.88. The quantitative estimate of drug-likeness (QED) is 0.607. The van der Waals surface area contributed by atoms with Crippen molar-refractivity contribution < 1.29 is 14.6 Å². The van der Waals surface area contributed by atoms with Gasteiger partial charge in [0.1, 0.15) is 6.04 Å². The van der Waals surface area contributed by atoms with Crippen LogP contribution >= 0.6 is 0 Å². The van der Waals surface area contributed by atoms with Gasteiger partial charge in [-0.05, 0) is 19.3 Å². The highest BCUT2D eigenvalue weighted by Gasteiger charge is 2.42. The molecule has 0 bridgehead atoms. The molecule has 0 radical (unpaired) electrons. The van der Waals surface area contributed by atoms with E-state index in [1.807, 2.05) is 6.92 Å². The van der Waals surface area contributed by atoms with E-state index in [1.165, 1.54) is 7.11 Å². The maximum atomic E-state index is 11.2. The molecule has 1 rings (SSSR count). The fraction of sp³-hybridized carbons (Fsp3) is 0.900. The zero-order valence-corrected chi connectivity index (χ0v) is 8.88. The highest BCUT2D eigenvalue weighted by atomic mass is 16.5. The molecule has 82 valence electrons. The van der Waals surface area contributed by atoms with Crippen molar-refractivity contribution >= 4 is 5.97 Å². The third-order valence-electron chi connectivity index (χ3n) is 2.91. The molecule has 0 aliphatic heterocycles. The van der Waals surface area contributed by atoms with Crippen molar-refractivity contribution in [1.29, 1.82) is 0 Å². The number of carbonyl (C=O) groups excluding carboxylic acids is 1. The smallest absolute Gasteiger partial charge is 0.322 e. The number of nitrogens with one attached hydrogen (secondary N) is 1. The van der Waals surface area contributed by atoms with Gasteiger partial charge in [-0.15, -0.1) is 0 Å². The largest absolute Gasteiger partial charge is 0.468 e. The minimum atomic E-state index is -0.232. The van der Waals surface area contributed by atoms with Crippen LogP contribution in [0.1, 0.15) is 26.2 Å². The van der Waals surface area contributed by atoms with Gasteiger partial charge < -0.3 is 15.2 Å². The Kier molecular flexibility index (Phi) is 3.89. The highest BCUT2D eigenvalue weighted by Crippen LogP contribution is 2.44. The Morgan fingerprint density at radius 1 is 1.64 bits per heavy atom. The molecule has 14 heavy (non-hydrogen) atoms. The van der Waals surface area contributed by atoms with E-state index in [2.05, 4.69) is 10.1 Å². The Labute approximate surface area is 84.6 Å². The first-order valence-corrected chi connectivity index (χ1v) is 5.09. The fourth-order valence-electron chi connectivity index (χ4n) is 1.44. The number of hydrogen-bond acceptors (Lipinski definition) is 4. The lowest BCUT2D eigenvalue weighted by Crippen LogP contribution is -2.41. The van der Waals surface area contributed by atoms with Crippen molar-refractivity contribution in [2.24, 2.45) is 5.41 Å². The number of methoxy groups -OCH3 is 1. The third-order valence-corrected chi connectivity index (χ3v) is 2.91. The van der Waals surface area contributed by atoms with Crippen molar-refractivity contribution in [3.8, 4) is 0 Å². The summed E-state index contributed by atoms with van der Waals surface area (Å²) in [6.45, 7) is 2.85. The van der Waals surface area contributed by atoms with Crippen molar-refractivity contribution in [2.75, 3.05) is 20.3 Å². The van der Waals surface area contributed by atoms with Gasteiger partial charge in [0.25, 0.3) is 0 Å². The van der Waals surface area contributed by atoms with E-state index in [-0.39, 0.29) is 24.0 Å². The molecule has 1 aliphatic rings. The van der Waals surface area contributed by atoms with E-state index in [0.717, 1.165) is 12.8 Å². The second-order valence-electron chi connectivity index (χ2n) is 4.02. The lowest BCUT2D eigenvalue weighted by Gasteiger charge is -2.18. The standard InChI is InChI=1S/C10H19NO3/c1-3-8(9(13)14-2)11-6-10(7-12)4-5-10/h8,11-12H,3-7H2,1-2H3. The maximum Gasteiger partial charge on any atom is 0.322 e. The number of ether oxygens (including phenoxy) is 1. The lowest BCUT2D eigenvalue weighted by atomic mass is 10.1. The van der Waals surface area contributed by atoms with E-state index < -0.39 is 0 Å². The summed E-state index contributed by atoms with van der Waals surface area (Å²) in [4.78, 5) is 11.2. The van der Waals surface area contributed by atoms with Crippen molar-refractivity contribution in [3.05, 3.63) is 0 Å². The van der Waals surface area contributed by atoms with Gasteiger partial charge in [0, 0.05) is 18.6 Å². The summed E-state index contributed by atoms with van der Waals surface area (Å²) in [7, 11) is 1.39.